The monoisotopic (exact) mass is 323 g/mol. The highest BCUT2D eigenvalue weighted by Gasteiger charge is 2.38. The second kappa shape index (κ2) is 8.28. The molecule has 4 heteroatoms. The fraction of sp³-hybridized carbons (Fsp3) is 1.00. The summed E-state index contributed by atoms with van der Waals surface area (Å²) in [5.74, 6) is 0. The van der Waals surface area contributed by atoms with Crippen molar-refractivity contribution >= 4 is 0 Å². The van der Waals surface area contributed by atoms with Gasteiger partial charge in [-0.1, -0.05) is 19.3 Å². The van der Waals surface area contributed by atoms with Crippen LogP contribution in [0.3, 0.4) is 0 Å². The highest BCUT2D eigenvalue weighted by molar-refractivity contribution is 4.97. The van der Waals surface area contributed by atoms with Crippen LogP contribution >= 0.6 is 0 Å². The lowest BCUT2D eigenvalue weighted by atomic mass is 9.79. The first-order chi connectivity index (χ1) is 11.2. The zero-order chi connectivity index (χ0) is 16.1. The van der Waals surface area contributed by atoms with E-state index in [1.165, 1.54) is 64.6 Å². The predicted molar refractivity (Wildman–Crippen MR) is 95.9 cm³/mol. The van der Waals surface area contributed by atoms with E-state index < -0.39 is 0 Å². The molecule has 0 radical (unpaired) electrons. The molecule has 1 N–H and O–H groups in total. The molecule has 3 fully saturated rings. The van der Waals surface area contributed by atoms with Gasteiger partial charge in [0.05, 0.1) is 13.2 Å². The van der Waals surface area contributed by atoms with Gasteiger partial charge in [-0.25, -0.2) is 0 Å². The maximum absolute atomic E-state index is 5.60. The summed E-state index contributed by atoms with van der Waals surface area (Å²) in [5, 5.41) is 3.98. The molecule has 1 saturated carbocycles. The van der Waals surface area contributed by atoms with E-state index in [1.807, 2.05) is 0 Å². The third-order valence-electron chi connectivity index (χ3n) is 6.45. The van der Waals surface area contributed by atoms with Gasteiger partial charge in [-0.05, 0) is 52.6 Å². The van der Waals surface area contributed by atoms with Crippen molar-refractivity contribution in [3.05, 3.63) is 0 Å². The van der Waals surface area contributed by atoms with Crippen molar-refractivity contribution < 1.29 is 4.74 Å². The fourth-order valence-corrected chi connectivity index (χ4v) is 4.81. The molecule has 0 aromatic heterocycles. The van der Waals surface area contributed by atoms with E-state index in [0.717, 1.165) is 32.3 Å². The summed E-state index contributed by atoms with van der Waals surface area (Å²) >= 11 is 0. The number of nitrogens with one attached hydrogen (secondary N) is 1. The van der Waals surface area contributed by atoms with E-state index in [9.17, 15) is 0 Å². The summed E-state index contributed by atoms with van der Waals surface area (Å²) in [6.07, 6.45) is 9.64. The molecule has 3 rings (SSSR count). The molecule has 2 saturated heterocycles. The number of nitrogens with zero attached hydrogens (tertiary/aromatic N) is 2. The molecule has 0 bridgehead atoms. The summed E-state index contributed by atoms with van der Waals surface area (Å²) < 4.78 is 5.60. The van der Waals surface area contributed by atoms with Crippen LogP contribution in [0.15, 0.2) is 0 Å². The molecular formula is C19H37N3O. The Kier molecular flexibility index (Phi) is 6.36. The van der Waals surface area contributed by atoms with Crippen molar-refractivity contribution in [1.29, 1.82) is 0 Å². The van der Waals surface area contributed by atoms with Crippen LogP contribution < -0.4 is 5.32 Å². The number of piperidine rings is 1. The molecule has 0 spiro atoms. The minimum atomic E-state index is 0.414. The molecule has 2 heterocycles. The maximum atomic E-state index is 5.60. The molecule has 3 aliphatic rings. The minimum Gasteiger partial charge on any atom is -0.379 e. The lowest BCUT2D eigenvalue weighted by molar-refractivity contribution is -0.0384. The number of hydrogen-bond acceptors (Lipinski definition) is 4. The first-order valence-corrected chi connectivity index (χ1v) is 10.00. The van der Waals surface area contributed by atoms with Crippen LogP contribution in [0.2, 0.25) is 0 Å². The molecule has 23 heavy (non-hydrogen) atoms. The number of likely N-dealkylation sites (tertiary alicyclic amines) is 1. The van der Waals surface area contributed by atoms with Crippen molar-refractivity contribution in [2.24, 2.45) is 0 Å². The van der Waals surface area contributed by atoms with Gasteiger partial charge in [-0.15, -0.1) is 0 Å². The molecule has 1 aliphatic carbocycles. The smallest absolute Gasteiger partial charge is 0.0594 e. The SMILES string of the molecule is CC(C)N1CCC(NCC2(N3CCOCC3)CCCCC2)CC1. The van der Waals surface area contributed by atoms with Gasteiger partial charge in [0.25, 0.3) is 0 Å². The molecule has 0 amide bonds. The van der Waals surface area contributed by atoms with Gasteiger partial charge in [0.1, 0.15) is 0 Å². The van der Waals surface area contributed by atoms with E-state index in [-0.39, 0.29) is 0 Å². The predicted octanol–water partition coefficient (Wildman–Crippen LogP) is 2.48. The highest BCUT2D eigenvalue weighted by Crippen LogP contribution is 2.34. The Balaban J connectivity index is 1.52. The Bertz CT molecular complexity index is 341. The molecule has 0 aromatic rings. The standard InChI is InChI=1S/C19H37N3O/c1-17(2)21-10-6-18(7-11-21)20-16-19(8-4-3-5-9-19)22-12-14-23-15-13-22/h17-18,20H,3-16H2,1-2H3. The zero-order valence-corrected chi connectivity index (χ0v) is 15.4. The Morgan fingerprint density at radius 2 is 1.65 bits per heavy atom. The van der Waals surface area contributed by atoms with Gasteiger partial charge in [0.2, 0.25) is 0 Å². The number of rotatable bonds is 5. The fourth-order valence-electron chi connectivity index (χ4n) is 4.81. The number of ether oxygens (including phenoxy) is 1. The average molecular weight is 324 g/mol. The van der Waals surface area contributed by atoms with E-state index in [4.69, 9.17) is 4.74 Å². The number of hydrogen-bond donors (Lipinski definition) is 1. The Morgan fingerprint density at radius 3 is 2.26 bits per heavy atom. The van der Waals surface area contributed by atoms with Crippen molar-refractivity contribution in [2.45, 2.75) is 76.4 Å². The van der Waals surface area contributed by atoms with Crippen LogP contribution in [0.5, 0.6) is 0 Å². The van der Waals surface area contributed by atoms with E-state index >= 15 is 0 Å². The minimum absolute atomic E-state index is 0.414. The normalized spacial score (nSPS) is 28.3. The summed E-state index contributed by atoms with van der Waals surface area (Å²) in [5.41, 5.74) is 0.414. The van der Waals surface area contributed by atoms with Gasteiger partial charge < -0.3 is 15.0 Å². The van der Waals surface area contributed by atoms with Gasteiger partial charge >= 0.3 is 0 Å². The summed E-state index contributed by atoms with van der Waals surface area (Å²) in [7, 11) is 0. The van der Waals surface area contributed by atoms with Crippen molar-refractivity contribution in [1.82, 2.24) is 15.1 Å². The molecular weight excluding hydrogens is 286 g/mol. The Labute approximate surface area is 142 Å². The van der Waals surface area contributed by atoms with E-state index in [2.05, 4.69) is 29.0 Å². The van der Waals surface area contributed by atoms with Crippen LogP contribution in [0.4, 0.5) is 0 Å². The second-order valence-electron chi connectivity index (χ2n) is 8.17. The third-order valence-corrected chi connectivity index (χ3v) is 6.45. The van der Waals surface area contributed by atoms with Gasteiger partial charge in [0, 0.05) is 37.3 Å². The Hall–Kier alpha value is -0.160. The van der Waals surface area contributed by atoms with Crippen LogP contribution in [0, 0.1) is 0 Å². The van der Waals surface area contributed by atoms with E-state index in [0.29, 0.717) is 11.6 Å². The summed E-state index contributed by atoms with van der Waals surface area (Å²) in [6.45, 7) is 12.5. The van der Waals surface area contributed by atoms with Crippen molar-refractivity contribution in [3.63, 3.8) is 0 Å². The van der Waals surface area contributed by atoms with Gasteiger partial charge in [-0.3, -0.25) is 4.90 Å². The van der Waals surface area contributed by atoms with Crippen LogP contribution in [-0.4, -0.2) is 73.4 Å². The first kappa shape index (κ1) is 17.7. The highest BCUT2D eigenvalue weighted by atomic mass is 16.5. The molecule has 0 aromatic carbocycles. The average Bonchev–Trinajstić information content (AvgIpc) is 2.62. The Morgan fingerprint density at radius 1 is 1.00 bits per heavy atom. The van der Waals surface area contributed by atoms with Crippen LogP contribution in [0.25, 0.3) is 0 Å². The molecule has 0 atom stereocenters. The van der Waals surface area contributed by atoms with Crippen LogP contribution in [-0.2, 0) is 4.74 Å². The molecule has 2 aliphatic heterocycles. The summed E-state index contributed by atoms with van der Waals surface area (Å²) in [4.78, 5) is 5.38. The summed E-state index contributed by atoms with van der Waals surface area (Å²) in [6, 6.07) is 1.43. The third kappa shape index (κ3) is 4.47. The van der Waals surface area contributed by atoms with Crippen molar-refractivity contribution in [3.8, 4) is 0 Å². The lowest BCUT2D eigenvalue weighted by Crippen LogP contribution is -2.60. The van der Waals surface area contributed by atoms with Gasteiger partial charge in [0.15, 0.2) is 0 Å². The second-order valence-corrected chi connectivity index (χ2v) is 8.17. The molecule has 4 nitrogen and oxygen atoms in total. The van der Waals surface area contributed by atoms with Crippen LogP contribution in [0.1, 0.15) is 58.8 Å². The van der Waals surface area contributed by atoms with Gasteiger partial charge in [-0.2, -0.15) is 0 Å². The number of morpholine rings is 1. The topological polar surface area (TPSA) is 27.7 Å². The first-order valence-electron chi connectivity index (χ1n) is 10.00. The quantitative estimate of drug-likeness (QED) is 0.841. The zero-order valence-electron chi connectivity index (χ0n) is 15.4. The van der Waals surface area contributed by atoms with Crippen molar-refractivity contribution in [2.75, 3.05) is 45.9 Å². The maximum Gasteiger partial charge on any atom is 0.0594 e. The molecule has 0 unspecified atom stereocenters. The molecule has 134 valence electrons. The largest absolute Gasteiger partial charge is 0.379 e. The van der Waals surface area contributed by atoms with E-state index in [1.54, 1.807) is 0 Å². The lowest BCUT2D eigenvalue weighted by Gasteiger charge is -2.49.